The topological polar surface area (TPSA) is 43.9 Å². The predicted octanol–water partition coefficient (Wildman–Crippen LogP) is 2.29. The number of carbonyl (C=O) groups is 2. The van der Waals surface area contributed by atoms with Gasteiger partial charge in [-0.25, -0.2) is 0 Å². The number of likely N-dealkylation sites (tertiary alicyclic amines) is 1. The van der Waals surface area contributed by atoms with Crippen LogP contribution in [0.3, 0.4) is 0 Å². The number of hydrogen-bond donors (Lipinski definition) is 0. The second-order valence-electron chi connectivity index (χ2n) is 7.64. The summed E-state index contributed by atoms with van der Waals surface area (Å²) in [6, 6.07) is 7.99. The Hall–Kier alpha value is -1.88. The van der Waals surface area contributed by atoms with Gasteiger partial charge in [0.15, 0.2) is 0 Å². The first-order chi connectivity index (χ1) is 11.9. The van der Waals surface area contributed by atoms with Gasteiger partial charge in [0.25, 0.3) is 0 Å². The largest absolute Gasteiger partial charge is 0.331 e. The number of anilines is 1. The maximum atomic E-state index is 13.1. The van der Waals surface area contributed by atoms with Crippen LogP contribution in [0.4, 0.5) is 5.69 Å². The first-order valence-electron chi connectivity index (χ1n) is 9.32. The zero-order valence-electron chi connectivity index (χ0n) is 15.6. The van der Waals surface area contributed by atoms with Gasteiger partial charge in [-0.05, 0) is 51.9 Å². The molecule has 5 nitrogen and oxygen atoms in total. The molecule has 25 heavy (non-hydrogen) atoms. The van der Waals surface area contributed by atoms with Crippen LogP contribution in [-0.2, 0) is 9.59 Å². The van der Waals surface area contributed by atoms with Crippen LogP contribution in [0.5, 0.6) is 0 Å². The number of carbonyl (C=O) groups excluding carboxylic acids is 2. The van der Waals surface area contributed by atoms with Gasteiger partial charge in [0.1, 0.15) is 6.54 Å². The molecule has 2 amide bonds. The summed E-state index contributed by atoms with van der Waals surface area (Å²) >= 11 is 0. The first kappa shape index (κ1) is 17.9. The Morgan fingerprint density at radius 2 is 1.88 bits per heavy atom. The smallest absolute Gasteiger partial charge is 0.246 e. The fourth-order valence-corrected chi connectivity index (χ4v) is 4.01. The standard InChI is InChI=1S/C20H29N3O2/c1-4-21-11-5-10-20(3,15-21)19(25)22-12-13-23(18(24)14-22)17-8-6-16(2)7-9-17/h6-9H,4-5,10-15H2,1-3H3/t20-/m0/s1. The fraction of sp³-hybridized carbons (Fsp3) is 0.600. The highest BCUT2D eigenvalue weighted by Gasteiger charge is 2.41. The number of piperazine rings is 1. The van der Waals surface area contributed by atoms with Gasteiger partial charge in [-0.15, -0.1) is 0 Å². The second-order valence-corrected chi connectivity index (χ2v) is 7.64. The molecule has 2 heterocycles. The minimum absolute atomic E-state index is 0.00945. The molecule has 1 aromatic carbocycles. The minimum atomic E-state index is -0.361. The van der Waals surface area contributed by atoms with Crippen molar-refractivity contribution < 1.29 is 9.59 Å². The number of hydrogen-bond acceptors (Lipinski definition) is 3. The maximum absolute atomic E-state index is 13.1. The highest BCUT2D eigenvalue weighted by molar-refractivity contribution is 5.98. The van der Waals surface area contributed by atoms with Crippen molar-refractivity contribution in [3.63, 3.8) is 0 Å². The summed E-state index contributed by atoms with van der Waals surface area (Å²) in [7, 11) is 0. The normalized spacial score (nSPS) is 25.3. The molecule has 0 saturated carbocycles. The molecule has 5 heteroatoms. The van der Waals surface area contributed by atoms with Gasteiger partial charge in [0.2, 0.25) is 11.8 Å². The molecule has 0 unspecified atom stereocenters. The summed E-state index contributed by atoms with van der Waals surface area (Å²) in [6.45, 7) is 10.5. The molecule has 1 atom stereocenters. The van der Waals surface area contributed by atoms with Gasteiger partial charge >= 0.3 is 0 Å². The van der Waals surface area contributed by atoms with E-state index in [-0.39, 0.29) is 23.8 Å². The van der Waals surface area contributed by atoms with E-state index >= 15 is 0 Å². The first-order valence-corrected chi connectivity index (χ1v) is 9.32. The molecule has 0 N–H and O–H groups in total. The third kappa shape index (κ3) is 3.71. The summed E-state index contributed by atoms with van der Waals surface area (Å²) in [4.78, 5) is 31.6. The van der Waals surface area contributed by atoms with Crippen molar-refractivity contribution in [1.82, 2.24) is 9.80 Å². The van der Waals surface area contributed by atoms with Gasteiger partial charge in [-0.2, -0.15) is 0 Å². The summed E-state index contributed by atoms with van der Waals surface area (Å²) in [5, 5.41) is 0. The summed E-state index contributed by atoms with van der Waals surface area (Å²) in [6.07, 6.45) is 1.96. The van der Waals surface area contributed by atoms with E-state index < -0.39 is 0 Å². The Kier molecular flexibility index (Phi) is 5.13. The lowest BCUT2D eigenvalue weighted by molar-refractivity contribution is -0.147. The molecule has 2 saturated heterocycles. The van der Waals surface area contributed by atoms with Crippen molar-refractivity contribution in [2.75, 3.05) is 44.2 Å². The monoisotopic (exact) mass is 343 g/mol. The number of aryl methyl sites for hydroxylation is 1. The lowest BCUT2D eigenvalue weighted by atomic mass is 9.80. The lowest BCUT2D eigenvalue weighted by Gasteiger charge is -2.43. The number of amides is 2. The summed E-state index contributed by atoms with van der Waals surface area (Å²) in [5.41, 5.74) is 1.74. The zero-order chi connectivity index (χ0) is 18.0. The number of rotatable bonds is 3. The van der Waals surface area contributed by atoms with E-state index in [1.807, 2.05) is 31.2 Å². The minimum Gasteiger partial charge on any atom is -0.331 e. The summed E-state index contributed by atoms with van der Waals surface area (Å²) in [5.74, 6) is 0.151. The molecule has 0 bridgehead atoms. The molecule has 0 aromatic heterocycles. The van der Waals surface area contributed by atoms with E-state index in [2.05, 4.69) is 18.7 Å². The quantitative estimate of drug-likeness (QED) is 0.846. The fourth-order valence-electron chi connectivity index (χ4n) is 4.01. The average Bonchev–Trinajstić information content (AvgIpc) is 2.62. The van der Waals surface area contributed by atoms with Crippen LogP contribution in [0.15, 0.2) is 24.3 Å². The van der Waals surface area contributed by atoms with Crippen LogP contribution in [-0.4, -0.2) is 60.9 Å². The number of benzene rings is 1. The Bertz CT molecular complexity index is 643. The van der Waals surface area contributed by atoms with E-state index in [9.17, 15) is 9.59 Å². The molecule has 0 aliphatic carbocycles. The third-order valence-corrected chi connectivity index (χ3v) is 5.59. The Morgan fingerprint density at radius 3 is 2.52 bits per heavy atom. The van der Waals surface area contributed by atoms with Crippen molar-refractivity contribution in [2.45, 2.75) is 33.6 Å². The highest BCUT2D eigenvalue weighted by atomic mass is 16.2. The SMILES string of the molecule is CCN1CCC[C@](C)(C(=O)N2CCN(c3ccc(C)cc3)C(=O)C2)C1. The Morgan fingerprint density at radius 1 is 1.16 bits per heavy atom. The maximum Gasteiger partial charge on any atom is 0.246 e. The molecular formula is C20H29N3O2. The third-order valence-electron chi connectivity index (χ3n) is 5.59. The van der Waals surface area contributed by atoms with Gasteiger partial charge in [0, 0.05) is 25.3 Å². The molecule has 2 aliphatic heterocycles. The van der Waals surface area contributed by atoms with Crippen molar-refractivity contribution in [3.8, 4) is 0 Å². The molecule has 3 rings (SSSR count). The molecule has 2 fully saturated rings. The molecule has 136 valence electrons. The van der Waals surface area contributed by atoms with Crippen LogP contribution in [0.1, 0.15) is 32.3 Å². The van der Waals surface area contributed by atoms with Crippen LogP contribution in [0.25, 0.3) is 0 Å². The Balaban J connectivity index is 1.67. The summed E-state index contributed by atoms with van der Waals surface area (Å²) < 4.78 is 0. The average molecular weight is 343 g/mol. The van der Waals surface area contributed by atoms with Crippen molar-refractivity contribution in [1.29, 1.82) is 0 Å². The number of piperidine rings is 1. The van der Waals surface area contributed by atoms with E-state index in [0.29, 0.717) is 13.1 Å². The van der Waals surface area contributed by atoms with Gasteiger partial charge in [-0.1, -0.05) is 24.6 Å². The van der Waals surface area contributed by atoms with Crippen LogP contribution >= 0.6 is 0 Å². The van der Waals surface area contributed by atoms with E-state index in [0.717, 1.165) is 38.2 Å². The van der Waals surface area contributed by atoms with Crippen molar-refractivity contribution in [3.05, 3.63) is 29.8 Å². The number of nitrogens with zero attached hydrogens (tertiary/aromatic N) is 3. The Labute approximate surface area is 150 Å². The van der Waals surface area contributed by atoms with Crippen molar-refractivity contribution >= 4 is 17.5 Å². The van der Waals surface area contributed by atoms with Crippen molar-refractivity contribution in [2.24, 2.45) is 5.41 Å². The van der Waals surface area contributed by atoms with Crippen LogP contribution in [0, 0.1) is 12.3 Å². The molecular weight excluding hydrogens is 314 g/mol. The van der Waals surface area contributed by atoms with Gasteiger partial charge < -0.3 is 14.7 Å². The molecule has 0 radical (unpaired) electrons. The van der Waals surface area contributed by atoms with Gasteiger partial charge in [-0.3, -0.25) is 9.59 Å². The van der Waals surface area contributed by atoms with E-state index in [1.165, 1.54) is 5.56 Å². The predicted molar refractivity (Wildman–Crippen MR) is 99.6 cm³/mol. The van der Waals surface area contributed by atoms with E-state index in [1.54, 1.807) is 9.80 Å². The molecule has 0 spiro atoms. The van der Waals surface area contributed by atoms with E-state index in [4.69, 9.17) is 0 Å². The zero-order valence-corrected chi connectivity index (χ0v) is 15.6. The molecule has 2 aliphatic rings. The van der Waals surface area contributed by atoms with Gasteiger partial charge in [0.05, 0.1) is 5.41 Å². The van der Waals surface area contributed by atoms with Crippen LogP contribution in [0.2, 0.25) is 0 Å². The van der Waals surface area contributed by atoms with Crippen LogP contribution < -0.4 is 4.90 Å². The molecule has 1 aromatic rings. The second kappa shape index (κ2) is 7.16. The highest BCUT2D eigenvalue weighted by Crippen LogP contribution is 2.32. The lowest BCUT2D eigenvalue weighted by Crippen LogP contribution is -2.58.